The van der Waals surface area contributed by atoms with Crippen molar-refractivity contribution in [3.8, 4) is 5.75 Å². The van der Waals surface area contributed by atoms with Crippen LogP contribution in [0.1, 0.15) is 0 Å². The lowest BCUT2D eigenvalue weighted by molar-refractivity contribution is 0.403. The summed E-state index contributed by atoms with van der Waals surface area (Å²) in [5, 5.41) is 18.0. The van der Waals surface area contributed by atoms with Gasteiger partial charge in [-0.25, -0.2) is 0 Å². The summed E-state index contributed by atoms with van der Waals surface area (Å²) in [5.74, 6) is 0.435. The van der Waals surface area contributed by atoms with E-state index in [4.69, 9.17) is 14.8 Å². The second kappa shape index (κ2) is 4.46. The van der Waals surface area contributed by atoms with Crippen molar-refractivity contribution in [2.75, 3.05) is 7.11 Å². The molecule has 0 saturated heterocycles. The van der Waals surface area contributed by atoms with Crippen LogP contribution in [-0.4, -0.2) is 24.3 Å². The van der Waals surface area contributed by atoms with Gasteiger partial charge in [-0.2, -0.15) is 0 Å². The van der Waals surface area contributed by atoms with Gasteiger partial charge in [0.05, 0.1) is 7.11 Å². The van der Waals surface area contributed by atoms with E-state index in [9.17, 15) is 0 Å². The number of methoxy groups -OCH3 is 1. The molecule has 0 atom stereocenters. The minimum Gasteiger partial charge on any atom is -0.497 e. The average Bonchev–Trinajstić information content (AvgIpc) is 2.08. The molecule has 3 nitrogen and oxygen atoms in total. The lowest BCUT2D eigenvalue weighted by atomic mass is 9.79. The number of halogens is 2. The van der Waals surface area contributed by atoms with E-state index in [1.54, 1.807) is 12.1 Å². The molecule has 2 N–H and O–H groups in total. The minimum atomic E-state index is -1.53. The molecule has 1 aromatic carbocycles. The second-order valence-electron chi connectivity index (χ2n) is 2.38. The molecule has 6 heteroatoms. The molecule has 0 amide bonds. The Labute approximate surface area is 93.1 Å². The first kappa shape index (κ1) is 11.0. The van der Waals surface area contributed by atoms with Crippen molar-refractivity contribution in [3.05, 3.63) is 21.1 Å². The second-order valence-corrected chi connectivity index (χ2v) is 4.09. The van der Waals surface area contributed by atoms with Gasteiger partial charge in [0.1, 0.15) is 5.75 Å². The third-order valence-corrected chi connectivity index (χ3v) is 3.40. The zero-order chi connectivity index (χ0) is 10.0. The van der Waals surface area contributed by atoms with E-state index in [1.165, 1.54) is 7.11 Å². The van der Waals surface area contributed by atoms with Crippen LogP contribution < -0.4 is 10.2 Å². The Balaban J connectivity index is 3.25. The fourth-order valence-corrected chi connectivity index (χ4v) is 1.61. The summed E-state index contributed by atoms with van der Waals surface area (Å²) in [5.41, 5.74) is 0.331. The summed E-state index contributed by atoms with van der Waals surface area (Å²) < 4.78 is 6.52. The molecule has 0 aliphatic rings. The third-order valence-electron chi connectivity index (χ3n) is 1.55. The molecular weight excluding hydrogens is 303 g/mol. The van der Waals surface area contributed by atoms with Gasteiger partial charge in [-0.3, -0.25) is 0 Å². The minimum absolute atomic E-state index is 0.331. The van der Waals surface area contributed by atoms with Crippen LogP contribution in [0.5, 0.6) is 5.75 Å². The quantitative estimate of drug-likeness (QED) is 0.798. The molecule has 0 fully saturated rings. The van der Waals surface area contributed by atoms with E-state index < -0.39 is 7.12 Å². The SMILES string of the molecule is COc1cc(Br)c(Br)cc1B(O)O. The summed E-state index contributed by atoms with van der Waals surface area (Å²) in [6.45, 7) is 0. The predicted molar refractivity (Wildman–Crippen MR) is 58.2 cm³/mol. The van der Waals surface area contributed by atoms with E-state index in [-0.39, 0.29) is 0 Å². The van der Waals surface area contributed by atoms with E-state index in [1.807, 2.05) is 0 Å². The molecule has 0 aliphatic carbocycles. The summed E-state index contributed by atoms with van der Waals surface area (Å²) >= 11 is 6.53. The Kier molecular flexibility index (Phi) is 3.79. The first-order valence-electron chi connectivity index (χ1n) is 3.45. The standard InChI is InChI=1S/C7H7BBr2O3/c1-13-7-3-6(10)5(9)2-4(7)8(11)12/h2-3,11-12H,1H3. The van der Waals surface area contributed by atoms with Crippen LogP contribution in [0, 0.1) is 0 Å². The monoisotopic (exact) mass is 308 g/mol. The number of benzene rings is 1. The summed E-state index contributed by atoms with van der Waals surface area (Å²) in [4.78, 5) is 0. The maximum absolute atomic E-state index is 8.99. The Bertz CT molecular complexity index is 317. The van der Waals surface area contributed by atoms with Crippen molar-refractivity contribution >= 4 is 44.4 Å². The zero-order valence-corrected chi connectivity index (χ0v) is 9.96. The average molecular weight is 310 g/mol. The van der Waals surface area contributed by atoms with Crippen molar-refractivity contribution in [1.82, 2.24) is 0 Å². The van der Waals surface area contributed by atoms with Gasteiger partial charge in [-0.1, -0.05) is 0 Å². The molecule has 1 aromatic rings. The molecule has 1 rings (SSSR count). The van der Waals surface area contributed by atoms with Gasteiger partial charge in [0, 0.05) is 14.4 Å². The maximum Gasteiger partial charge on any atom is 0.492 e. The van der Waals surface area contributed by atoms with Crippen molar-refractivity contribution in [3.63, 3.8) is 0 Å². The van der Waals surface area contributed by atoms with Crippen LogP contribution in [0.25, 0.3) is 0 Å². The van der Waals surface area contributed by atoms with Gasteiger partial charge < -0.3 is 14.8 Å². The topological polar surface area (TPSA) is 49.7 Å². The number of rotatable bonds is 2. The smallest absolute Gasteiger partial charge is 0.492 e. The van der Waals surface area contributed by atoms with Gasteiger partial charge in [0.15, 0.2) is 0 Å². The van der Waals surface area contributed by atoms with Crippen LogP contribution in [0.4, 0.5) is 0 Å². The Hall–Kier alpha value is -0.0351. The fraction of sp³-hybridized carbons (Fsp3) is 0.143. The van der Waals surface area contributed by atoms with E-state index >= 15 is 0 Å². The van der Waals surface area contributed by atoms with Crippen molar-refractivity contribution in [2.45, 2.75) is 0 Å². The van der Waals surface area contributed by atoms with E-state index in [2.05, 4.69) is 31.9 Å². The molecule has 0 bridgehead atoms. The van der Waals surface area contributed by atoms with E-state index in [0.29, 0.717) is 11.2 Å². The summed E-state index contributed by atoms with van der Waals surface area (Å²) in [6, 6.07) is 3.26. The van der Waals surface area contributed by atoms with E-state index in [0.717, 1.165) is 8.95 Å². The molecule has 0 aromatic heterocycles. The van der Waals surface area contributed by atoms with Crippen LogP contribution in [0.3, 0.4) is 0 Å². The predicted octanol–water partition coefficient (Wildman–Crippen LogP) is 0.900. The van der Waals surface area contributed by atoms with Gasteiger partial charge >= 0.3 is 7.12 Å². The van der Waals surface area contributed by atoms with Crippen LogP contribution >= 0.6 is 31.9 Å². The highest BCUT2D eigenvalue weighted by Crippen LogP contribution is 2.25. The normalized spacial score (nSPS) is 9.92. The van der Waals surface area contributed by atoms with Crippen molar-refractivity contribution in [1.29, 1.82) is 0 Å². The highest BCUT2D eigenvalue weighted by molar-refractivity contribution is 9.13. The van der Waals surface area contributed by atoms with Crippen molar-refractivity contribution in [2.24, 2.45) is 0 Å². The third kappa shape index (κ3) is 2.46. The first-order chi connectivity index (χ1) is 6.06. The molecule has 13 heavy (non-hydrogen) atoms. The molecule has 0 aliphatic heterocycles. The lowest BCUT2D eigenvalue weighted by Gasteiger charge is -2.09. The van der Waals surface area contributed by atoms with Crippen molar-refractivity contribution < 1.29 is 14.8 Å². The zero-order valence-electron chi connectivity index (χ0n) is 6.79. The lowest BCUT2D eigenvalue weighted by Crippen LogP contribution is -2.31. The number of ether oxygens (including phenoxy) is 1. The molecular formula is C7H7BBr2O3. The van der Waals surface area contributed by atoms with Gasteiger partial charge in [0.25, 0.3) is 0 Å². The van der Waals surface area contributed by atoms with Gasteiger partial charge in [-0.05, 0) is 44.0 Å². The molecule has 0 unspecified atom stereocenters. The summed E-state index contributed by atoms with van der Waals surface area (Å²) in [7, 11) is -0.0546. The van der Waals surface area contributed by atoms with Gasteiger partial charge in [-0.15, -0.1) is 0 Å². The largest absolute Gasteiger partial charge is 0.497 e. The Morgan fingerprint density at radius 1 is 1.23 bits per heavy atom. The fourth-order valence-electron chi connectivity index (χ4n) is 0.923. The maximum atomic E-state index is 8.99. The van der Waals surface area contributed by atoms with Gasteiger partial charge in [0.2, 0.25) is 0 Å². The Morgan fingerprint density at radius 2 is 1.77 bits per heavy atom. The number of hydrogen-bond donors (Lipinski definition) is 2. The molecule has 0 radical (unpaired) electrons. The molecule has 70 valence electrons. The summed E-state index contributed by atoms with van der Waals surface area (Å²) in [6.07, 6.45) is 0. The first-order valence-corrected chi connectivity index (χ1v) is 5.04. The molecule has 0 heterocycles. The van der Waals surface area contributed by atoms with Crippen LogP contribution in [0.15, 0.2) is 21.1 Å². The number of hydrogen-bond acceptors (Lipinski definition) is 3. The highest BCUT2D eigenvalue weighted by Gasteiger charge is 2.18. The Morgan fingerprint density at radius 3 is 2.23 bits per heavy atom. The molecule has 0 spiro atoms. The van der Waals surface area contributed by atoms with Crippen LogP contribution in [-0.2, 0) is 0 Å². The molecule has 0 saturated carbocycles. The highest BCUT2D eigenvalue weighted by atomic mass is 79.9. The van der Waals surface area contributed by atoms with Crippen LogP contribution in [0.2, 0.25) is 0 Å².